The van der Waals surface area contributed by atoms with Crippen molar-refractivity contribution in [2.45, 2.75) is 13.0 Å². The van der Waals surface area contributed by atoms with Crippen LogP contribution in [0, 0.1) is 6.92 Å². The number of nitrogens with zero attached hydrogens (tertiary/aromatic N) is 3. The van der Waals surface area contributed by atoms with Crippen molar-refractivity contribution in [1.29, 1.82) is 0 Å². The lowest BCUT2D eigenvalue weighted by atomic mass is 10.0. The van der Waals surface area contributed by atoms with Crippen LogP contribution in [0.1, 0.15) is 22.9 Å². The number of hydrogen-bond donors (Lipinski definition) is 1. The summed E-state index contributed by atoms with van der Waals surface area (Å²) in [4.78, 5) is 4.15. The Kier molecular flexibility index (Phi) is 3.01. The minimum atomic E-state index is 0.155. The molecule has 0 bridgehead atoms. The molecule has 4 nitrogen and oxygen atoms in total. The van der Waals surface area contributed by atoms with Crippen LogP contribution in [-0.2, 0) is 7.05 Å². The van der Waals surface area contributed by atoms with Gasteiger partial charge in [0, 0.05) is 31.2 Å². The molecule has 16 heavy (non-hydrogen) atoms. The first-order chi connectivity index (χ1) is 7.72. The zero-order chi connectivity index (χ0) is 11.5. The molecule has 0 aliphatic rings. The van der Waals surface area contributed by atoms with E-state index in [1.165, 1.54) is 5.56 Å². The van der Waals surface area contributed by atoms with Gasteiger partial charge in [-0.25, -0.2) is 0 Å². The van der Waals surface area contributed by atoms with Gasteiger partial charge >= 0.3 is 0 Å². The largest absolute Gasteiger partial charge is 0.309 e. The molecule has 84 valence electrons. The van der Waals surface area contributed by atoms with Gasteiger partial charge in [0.05, 0.1) is 11.7 Å². The molecule has 2 aromatic rings. The Morgan fingerprint density at radius 1 is 1.44 bits per heavy atom. The van der Waals surface area contributed by atoms with Gasteiger partial charge in [0.15, 0.2) is 0 Å². The summed E-state index contributed by atoms with van der Waals surface area (Å²) >= 11 is 0. The van der Waals surface area contributed by atoms with E-state index in [9.17, 15) is 0 Å². The smallest absolute Gasteiger partial charge is 0.0644 e. The van der Waals surface area contributed by atoms with Crippen LogP contribution in [0.5, 0.6) is 0 Å². The number of aromatic nitrogens is 3. The zero-order valence-electron chi connectivity index (χ0n) is 9.81. The van der Waals surface area contributed by atoms with Crippen molar-refractivity contribution in [3.8, 4) is 0 Å². The second kappa shape index (κ2) is 4.45. The van der Waals surface area contributed by atoms with Gasteiger partial charge < -0.3 is 5.32 Å². The summed E-state index contributed by atoms with van der Waals surface area (Å²) in [6.07, 6.45) is 5.71. The predicted molar refractivity (Wildman–Crippen MR) is 63.1 cm³/mol. The highest BCUT2D eigenvalue weighted by Gasteiger charge is 2.16. The summed E-state index contributed by atoms with van der Waals surface area (Å²) < 4.78 is 1.84. The molecule has 0 aromatic carbocycles. The number of pyridine rings is 1. The Morgan fingerprint density at radius 3 is 2.75 bits per heavy atom. The average molecular weight is 216 g/mol. The summed E-state index contributed by atoms with van der Waals surface area (Å²) in [6, 6.07) is 4.17. The molecule has 0 saturated heterocycles. The van der Waals surface area contributed by atoms with Crippen LogP contribution in [0.25, 0.3) is 0 Å². The van der Waals surface area contributed by atoms with Crippen molar-refractivity contribution in [2.75, 3.05) is 7.05 Å². The Balaban J connectivity index is 2.40. The maximum absolute atomic E-state index is 4.36. The third kappa shape index (κ3) is 1.97. The first kappa shape index (κ1) is 10.8. The molecular formula is C12H16N4. The summed E-state index contributed by atoms with van der Waals surface area (Å²) in [6.45, 7) is 2.02. The van der Waals surface area contributed by atoms with Crippen LogP contribution in [0.2, 0.25) is 0 Å². The lowest BCUT2D eigenvalue weighted by molar-refractivity contribution is 0.684. The minimum absolute atomic E-state index is 0.155. The van der Waals surface area contributed by atoms with E-state index < -0.39 is 0 Å². The first-order valence-electron chi connectivity index (χ1n) is 5.29. The lowest BCUT2D eigenvalue weighted by Gasteiger charge is -2.15. The standard InChI is InChI=1S/C12H16N4/c1-9-11(8-16(3)15-9)12(13-2)10-5-4-6-14-7-10/h4-8,12-13H,1-3H3. The van der Waals surface area contributed by atoms with Gasteiger partial charge in [-0.2, -0.15) is 5.10 Å². The maximum Gasteiger partial charge on any atom is 0.0644 e. The van der Waals surface area contributed by atoms with Crippen LogP contribution in [0.3, 0.4) is 0 Å². The van der Waals surface area contributed by atoms with Gasteiger partial charge in [0.2, 0.25) is 0 Å². The molecule has 0 saturated carbocycles. The highest BCUT2D eigenvalue weighted by molar-refractivity contribution is 5.30. The molecule has 2 rings (SSSR count). The van der Waals surface area contributed by atoms with Crippen LogP contribution >= 0.6 is 0 Å². The molecule has 0 aliphatic carbocycles. The Hall–Kier alpha value is -1.68. The second-order valence-corrected chi connectivity index (χ2v) is 3.85. The van der Waals surface area contributed by atoms with Crippen LogP contribution in [0.4, 0.5) is 0 Å². The molecule has 0 aliphatic heterocycles. The van der Waals surface area contributed by atoms with Crippen molar-refractivity contribution < 1.29 is 0 Å². The molecule has 4 heteroatoms. The number of hydrogen-bond acceptors (Lipinski definition) is 3. The van der Waals surface area contributed by atoms with Crippen molar-refractivity contribution in [3.05, 3.63) is 47.5 Å². The molecule has 1 unspecified atom stereocenters. The van der Waals surface area contributed by atoms with E-state index in [0.717, 1.165) is 11.3 Å². The van der Waals surface area contributed by atoms with Crippen molar-refractivity contribution in [1.82, 2.24) is 20.1 Å². The summed E-state index contributed by atoms with van der Waals surface area (Å²) in [7, 11) is 3.89. The second-order valence-electron chi connectivity index (χ2n) is 3.85. The van der Waals surface area contributed by atoms with E-state index >= 15 is 0 Å². The van der Waals surface area contributed by atoms with Crippen molar-refractivity contribution >= 4 is 0 Å². The Labute approximate surface area is 95.3 Å². The normalized spacial score (nSPS) is 12.7. The molecule has 1 N–H and O–H groups in total. The van der Waals surface area contributed by atoms with Crippen LogP contribution in [0.15, 0.2) is 30.7 Å². The number of rotatable bonds is 3. The van der Waals surface area contributed by atoms with E-state index in [0.29, 0.717) is 0 Å². The third-order valence-electron chi connectivity index (χ3n) is 2.67. The highest BCUT2D eigenvalue weighted by Crippen LogP contribution is 2.22. The first-order valence-corrected chi connectivity index (χ1v) is 5.29. The fourth-order valence-corrected chi connectivity index (χ4v) is 1.95. The van der Waals surface area contributed by atoms with Crippen LogP contribution in [-0.4, -0.2) is 21.8 Å². The molecule has 0 radical (unpaired) electrons. The molecule has 2 aromatic heterocycles. The molecule has 0 amide bonds. The van der Waals surface area contributed by atoms with Gasteiger partial charge in [0.1, 0.15) is 0 Å². The summed E-state index contributed by atoms with van der Waals surface area (Å²) in [5, 5.41) is 7.66. The molecule has 2 heterocycles. The Bertz CT molecular complexity index is 461. The molecule has 0 spiro atoms. The number of aryl methyl sites for hydroxylation is 2. The van der Waals surface area contributed by atoms with Gasteiger partial charge in [0.25, 0.3) is 0 Å². The van der Waals surface area contributed by atoms with Crippen molar-refractivity contribution in [3.63, 3.8) is 0 Å². The van der Waals surface area contributed by atoms with Gasteiger partial charge in [-0.3, -0.25) is 9.67 Å². The summed E-state index contributed by atoms with van der Waals surface area (Å²) in [5.74, 6) is 0. The lowest BCUT2D eigenvalue weighted by Crippen LogP contribution is -2.18. The van der Waals surface area contributed by atoms with E-state index in [1.807, 2.05) is 44.2 Å². The Morgan fingerprint density at radius 2 is 2.25 bits per heavy atom. The van der Waals surface area contributed by atoms with E-state index in [4.69, 9.17) is 0 Å². The topological polar surface area (TPSA) is 42.7 Å². The van der Waals surface area contributed by atoms with E-state index in [-0.39, 0.29) is 6.04 Å². The SMILES string of the molecule is CNC(c1cccnc1)c1cn(C)nc1C. The van der Waals surface area contributed by atoms with Crippen molar-refractivity contribution in [2.24, 2.45) is 7.05 Å². The summed E-state index contributed by atoms with van der Waals surface area (Å²) in [5.41, 5.74) is 3.39. The average Bonchev–Trinajstić information content (AvgIpc) is 2.61. The minimum Gasteiger partial charge on any atom is -0.309 e. The highest BCUT2D eigenvalue weighted by atomic mass is 15.3. The predicted octanol–water partition coefficient (Wildman–Crippen LogP) is 1.43. The fourth-order valence-electron chi connectivity index (χ4n) is 1.95. The fraction of sp³-hybridized carbons (Fsp3) is 0.333. The van der Waals surface area contributed by atoms with E-state index in [1.54, 1.807) is 6.20 Å². The van der Waals surface area contributed by atoms with Gasteiger partial charge in [-0.1, -0.05) is 6.07 Å². The van der Waals surface area contributed by atoms with Crippen LogP contribution < -0.4 is 5.32 Å². The van der Waals surface area contributed by atoms with Gasteiger partial charge in [-0.05, 0) is 25.6 Å². The molecular weight excluding hydrogens is 200 g/mol. The molecule has 1 atom stereocenters. The van der Waals surface area contributed by atoms with Gasteiger partial charge in [-0.15, -0.1) is 0 Å². The molecule has 0 fully saturated rings. The monoisotopic (exact) mass is 216 g/mol. The maximum atomic E-state index is 4.36. The zero-order valence-corrected chi connectivity index (χ0v) is 9.81. The van der Waals surface area contributed by atoms with E-state index in [2.05, 4.69) is 21.5 Å². The quantitative estimate of drug-likeness (QED) is 0.844. The third-order valence-corrected chi connectivity index (χ3v) is 2.67. The number of nitrogens with one attached hydrogen (secondary N) is 1.